The molecule has 0 saturated carbocycles. The van der Waals surface area contributed by atoms with Gasteiger partial charge < -0.3 is 9.47 Å². The minimum atomic E-state index is -0.278. The van der Waals surface area contributed by atoms with Crippen molar-refractivity contribution >= 4 is 55.2 Å². The van der Waals surface area contributed by atoms with E-state index in [1.54, 1.807) is 0 Å². The average molecular weight is 959 g/mol. The smallest absolute Gasteiger partial charge is 0.0547 e. The summed E-state index contributed by atoms with van der Waals surface area (Å²) in [6.07, 6.45) is 7.88. The molecule has 0 bridgehead atoms. The number of hydrogen-bond acceptors (Lipinski definition) is 1. The monoisotopic (exact) mass is 958 g/mol. The molecule has 356 valence electrons. The maximum absolute atomic E-state index is 2.49. The van der Waals surface area contributed by atoms with Gasteiger partial charge in [-0.05, 0) is 151 Å². The molecule has 2 nitrogen and oxygen atoms in total. The summed E-state index contributed by atoms with van der Waals surface area (Å²) in [5.41, 5.74) is 23.0. The van der Waals surface area contributed by atoms with Crippen LogP contribution in [0.15, 0.2) is 273 Å². The van der Waals surface area contributed by atoms with Crippen LogP contribution in [0.25, 0.3) is 88.3 Å². The lowest BCUT2D eigenvalue weighted by molar-refractivity contribution is 0.714. The summed E-state index contributed by atoms with van der Waals surface area (Å²) >= 11 is 0. The number of para-hydroxylation sites is 3. The summed E-state index contributed by atoms with van der Waals surface area (Å²) in [5, 5.41) is 5.01. The van der Waals surface area contributed by atoms with Crippen LogP contribution in [0.2, 0.25) is 0 Å². The molecular weight excluding hydrogens is 905 g/mol. The molecule has 12 aromatic rings. The Kier molecular flexibility index (Phi) is 10.7. The molecule has 75 heavy (non-hydrogen) atoms. The Bertz CT molecular complexity index is 4230. The van der Waals surface area contributed by atoms with Crippen LogP contribution in [-0.2, 0) is 5.41 Å². The maximum atomic E-state index is 2.49. The van der Waals surface area contributed by atoms with Gasteiger partial charge in [0.25, 0.3) is 0 Å². The van der Waals surface area contributed by atoms with Crippen molar-refractivity contribution in [1.82, 2.24) is 4.57 Å². The summed E-state index contributed by atoms with van der Waals surface area (Å²) in [7, 11) is 0. The van der Waals surface area contributed by atoms with Crippen LogP contribution < -0.4 is 4.90 Å². The minimum Gasteiger partial charge on any atom is -0.310 e. The van der Waals surface area contributed by atoms with Gasteiger partial charge >= 0.3 is 0 Å². The first-order valence-corrected chi connectivity index (χ1v) is 26.4. The first kappa shape index (κ1) is 44.5. The Morgan fingerprint density at radius 1 is 0.453 bits per heavy atom. The summed E-state index contributed by atoms with van der Waals surface area (Å²) in [5.74, 6) is 0.478. The third-order valence-corrected chi connectivity index (χ3v) is 16.2. The first-order valence-electron chi connectivity index (χ1n) is 26.4. The second kappa shape index (κ2) is 18.1. The minimum absolute atomic E-state index is 0.278. The lowest BCUT2D eigenvalue weighted by Crippen LogP contribution is -2.22. The van der Waals surface area contributed by atoms with Crippen molar-refractivity contribution < 1.29 is 0 Å². The lowest BCUT2D eigenvalue weighted by Gasteiger charge is -2.29. The number of hydrogen-bond donors (Lipinski definition) is 0. The molecule has 2 aliphatic rings. The van der Waals surface area contributed by atoms with E-state index in [-0.39, 0.29) is 5.41 Å². The molecule has 2 aliphatic carbocycles. The van der Waals surface area contributed by atoms with E-state index in [4.69, 9.17) is 0 Å². The Balaban J connectivity index is 0.964. The van der Waals surface area contributed by atoms with Crippen molar-refractivity contribution in [2.45, 2.75) is 25.7 Å². The fourth-order valence-electron chi connectivity index (χ4n) is 12.8. The van der Waals surface area contributed by atoms with E-state index >= 15 is 0 Å². The zero-order valence-electron chi connectivity index (χ0n) is 42.2. The number of rotatable bonds is 9. The summed E-state index contributed by atoms with van der Waals surface area (Å²) in [4.78, 5) is 2.49. The Labute approximate surface area is 439 Å². The fourth-order valence-corrected chi connectivity index (χ4v) is 12.8. The van der Waals surface area contributed by atoms with E-state index in [0.717, 1.165) is 34.7 Å². The van der Waals surface area contributed by atoms with Gasteiger partial charge in [0.15, 0.2) is 0 Å². The molecular formula is C73H54N2. The van der Waals surface area contributed by atoms with Gasteiger partial charge in [0.05, 0.1) is 16.7 Å². The van der Waals surface area contributed by atoms with Crippen molar-refractivity contribution in [3.05, 3.63) is 295 Å². The van der Waals surface area contributed by atoms with E-state index in [9.17, 15) is 0 Å². The highest BCUT2D eigenvalue weighted by atomic mass is 15.1. The Morgan fingerprint density at radius 2 is 1.08 bits per heavy atom. The molecule has 0 spiro atoms. The van der Waals surface area contributed by atoms with Crippen LogP contribution in [0.1, 0.15) is 42.5 Å². The maximum Gasteiger partial charge on any atom is 0.0547 e. The predicted molar refractivity (Wildman–Crippen MR) is 318 cm³/mol. The van der Waals surface area contributed by atoms with Gasteiger partial charge in [0, 0.05) is 38.8 Å². The molecule has 2 unspecified atom stereocenters. The Morgan fingerprint density at radius 3 is 1.91 bits per heavy atom. The highest BCUT2D eigenvalue weighted by Gasteiger charge is 2.41. The van der Waals surface area contributed by atoms with Gasteiger partial charge in [0.1, 0.15) is 0 Å². The molecule has 0 amide bonds. The molecule has 0 radical (unpaired) electrons. The average Bonchev–Trinajstić information content (AvgIpc) is 3.97. The van der Waals surface area contributed by atoms with Gasteiger partial charge in [-0.1, -0.05) is 225 Å². The second-order valence-corrected chi connectivity index (χ2v) is 20.6. The molecule has 11 aromatic carbocycles. The molecule has 1 aromatic heterocycles. The van der Waals surface area contributed by atoms with Crippen molar-refractivity contribution in [2.24, 2.45) is 5.92 Å². The van der Waals surface area contributed by atoms with Crippen LogP contribution in [0, 0.1) is 5.92 Å². The van der Waals surface area contributed by atoms with Gasteiger partial charge in [-0.25, -0.2) is 0 Å². The predicted octanol–water partition coefficient (Wildman–Crippen LogP) is 19.7. The standard InChI is InChI=1S/C73H54N2/c1-49-21-15-24-52(47-49)59-34-17-22-51-23-18-37-62(70(51)59)61-31-10-13-40-67(61)74(57-30-16-25-53(48-57)60-36-20-42-69-72(60)64-33-11-14-41-68(64)75(69)55-28-7-4-8-29-55)56-45-43-50(44-46-56)58-35-19-39-66-71(58)63-32-9-12-38-65(63)73(66,2)54-26-5-3-6-27-54/h3-46,48-49H,47H2,1-2H3. The van der Waals surface area contributed by atoms with Gasteiger partial charge in [0.2, 0.25) is 0 Å². The zero-order valence-corrected chi connectivity index (χ0v) is 42.2. The van der Waals surface area contributed by atoms with E-state index < -0.39 is 0 Å². The molecule has 14 rings (SSSR count). The van der Waals surface area contributed by atoms with Crippen molar-refractivity contribution in [3.63, 3.8) is 0 Å². The summed E-state index contributed by atoms with van der Waals surface area (Å²) < 4.78 is 2.41. The number of fused-ring (bicyclic) bond motifs is 7. The van der Waals surface area contributed by atoms with Gasteiger partial charge in [-0.2, -0.15) is 0 Å². The molecule has 2 heteroatoms. The lowest BCUT2D eigenvalue weighted by atomic mass is 9.74. The van der Waals surface area contributed by atoms with Gasteiger partial charge in [-0.15, -0.1) is 0 Å². The molecule has 0 N–H and O–H groups in total. The largest absolute Gasteiger partial charge is 0.310 e. The molecule has 2 atom stereocenters. The normalized spacial score (nSPS) is 15.8. The van der Waals surface area contributed by atoms with Crippen LogP contribution in [0.3, 0.4) is 0 Å². The van der Waals surface area contributed by atoms with E-state index in [0.29, 0.717) is 5.92 Å². The highest BCUT2D eigenvalue weighted by Crippen LogP contribution is 2.55. The van der Waals surface area contributed by atoms with Crippen molar-refractivity contribution in [2.75, 3.05) is 4.90 Å². The topological polar surface area (TPSA) is 8.17 Å². The second-order valence-electron chi connectivity index (χ2n) is 20.6. The van der Waals surface area contributed by atoms with Gasteiger partial charge in [-0.3, -0.25) is 0 Å². The third kappa shape index (κ3) is 7.24. The van der Waals surface area contributed by atoms with E-state index in [2.05, 4.69) is 296 Å². The highest BCUT2D eigenvalue weighted by molar-refractivity contribution is 6.16. The molecule has 0 saturated heterocycles. The number of nitrogens with zero attached hydrogens (tertiary/aromatic N) is 2. The third-order valence-electron chi connectivity index (χ3n) is 16.2. The van der Waals surface area contributed by atoms with Crippen LogP contribution in [-0.4, -0.2) is 4.57 Å². The van der Waals surface area contributed by atoms with Crippen LogP contribution >= 0.6 is 0 Å². The quantitative estimate of drug-likeness (QED) is 0.140. The van der Waals surface area contributed by atoms with Crippen LogP contribution in [0.5, 0.6) is 0 Å². The van der Waals surface area contributed by atoms with Crippen molar-refractivity contribution in [1.29, 1.82) is 0 Å². The first-order chi connectivity index (χ1) is 37.0. The zero-order chi connectivity index (χ0) is 50.0. The SMILES string of the molecule is CC1C=CC=C(c2cccc3cccc(-c4ccccc4N(c4ccc(-c5cccc6c5-c5ccccc5C6(C)c5ccccc5)cc4)c4cccc(-c5cccc6c5c5ccccc5n6-c5ccccc5)c4)c23)C1. The van der Waals surface area contributed by atoms with Crippen LogP contribution in [0.4, 0.5) is 17.1 Å². The molecule has 0 aliphatic heterocycles. The van der Waals surface area contributed by atoms with E-state index in [1.807, 2.05) is 0 Å². The fraction of sp³-hybridized carbons (Fsp3) is 0.0685. The Hall–Kier alpha value is -9.24. The molecule has 1 heterocycles. The number of benzene rings is 11. The number of aromatic nitrogens is 1. The number of anilines is 3. The summed E-state index contributed by atoms with van der Waals surface area (Å²) in [6.45, 7) is 4.71. The molecule has 0 fully saturated rings. The number of allylic oxidation sites excluding steroid dienone is 4. The van der Waals surface area contributed by atoms with E-state index in [1.165, 1.54) is 99.3 Å². The van der Waals surface area contributed by atoms with Crippen molar-refractivity contribution in [3.8, 4) is 50.2 Å². The summed E-state index contributed by atoms with van der Waals surface area (Å²) in [6, 6.07) is 94.4.